The summed E-state index contributed by atoms with van der Waals surface area (Å²) < 4.78 is 0. The third-order valence-electron chi connectivity index (χ3n) is 5.87. The standard InChI is InChI=1S/C24H39N11O9S/c25-13(3-4-18(37)38)20(41)35-16(10-45)23(44)34-15(6-12-7-28-11-32-12)22(43)30-8-17(36)33-14(2-1-5-29-24(26)27)21(42)31-9-19(39)40/h7,11,13-16,45H,1-6,8-10,25H2,(H,28,32)(H,30,43)(H,31,42)(H,33,36)(H,34,44)(H,35,41)(H,37,38)(H,39,40)(H4,26,27,29)/t13-,14-,15-,16-/m0/s1. The number of nitrogens with zero attached hydrogens (tertiary/aromatic N) is 2. The number of carboxylic acids is 2. The van der Waals surface area contributed by atoms with Crippen LogP contribution in [0.1, 0.15) is 31.4 Å². The van der Waals surface area contributed by atoms with Crippen molar-refractivity contribution in [2.45, 2.75) is 56.3 Å². The van der Waals surface area contributed by atoms with E-state index in [-0.39, 0.29) is 50.4 Å². The molecule has 0 radical (unpaired) electrons. The third-order valence-corrected chi connectivity index (χ3v) is 6.23. The summed E-state index contributed by atoms with van der Waals surface area (Å²) in [5.41, 5.74) is 16.7. The van der Waals surface area contributed by atoms with Crippen molar-refractivity contribution >= 4 is 60.1 Å². The molecule has 0 aliphatic rings. The number of carbonyl (C=O) groups is 7. The zero-order valence-electron chi connectivity index (χ0n) is 24.2. The minimum absolute atomic E-state index is 0.0389. The number of nitrogens with one attached hydrogen (secondary N) is 6. The topological polar surface area (TPSA) is 339 Å². The van der Waals surface area contributed by atoms with E-state index in [1.54, 1.807) is 0 Å². The number of nitrogens with two attached hydrogens (primary N) is 3. The number of amides is 5. The highest BCUT2D eigenvalue weighted by Crippen LogP contribution is 2.03. The van der Waals surface area contributed by atoms with Gasteiger partial charge in [-0.05, 0) is 19.3 Å². The third kappa shape index (κ3) is 15.9. The van der Waals surface area contributed by atoms with Gasteiger partial charge in [-0.2, -0.15) is 12.6 Å². The molecular weight excluding hydrogens is 618 g/mol. The second-order valence-corrected chi connectivity index (χ2v) is 9.89. The largest absolute Gasteiger partial charge is 0.481 e. The minimum atomic E-state index is -1.30. The van der Waals surface area contributed by atoms with Crippen LogP contribution in [-0.2, 0) is 40.0 Å². The van der Waals surface area contributed by atoms with Crippen molar-refractivity contribution in [2.75, 3.05) is 25.4 Å². The van der Waals surface area contributed by atoms with Gasteiger partial charge in [0.2, 0.25) is 29.5 Å². The van der Waals surface area contributed by atoms with Gasteiger partial charge in [0.15, 0.2) is 5.96 Å². The summed E-state index contributed by atoms with van der Waals surface area (Å²) in [7, 11) is 0. The lowest BCUT2D eigenvalue weighted by Crippen LogP contribution is -2.57. The maximum absolute atomic E-state index is 13.1. The summed E-state index contributed by atoms with van der Waals surface area (Å²) in [5, 5.41) is 29.4. The summed E-state index contributed by atoms with van der Waals surface area (Å²) in [6, 6.07) is -4.91. The van der Waals surface area contributed by atoms with Crippen molar-refractivity contribution in [3.8, 4) is 0 Å². The molecule has 0 bridgehead atoms. The van der Waals surface area contributed by atoms with E-state index >= 15 is 0 Å². The van der Waals surface area contributed by atoms with Crippen molar-refractivity contribution in [1.29, 1.82) is 0 Å². The van der Waals surface area contributed by atoms with Crippen molar-refractivity contribution in [3.63, 3.8) is 0 Å². The van der Waals surface area contributed by atoms with Crippen LogP contribution >= 0.6 is 12.6 Å². The normalized spacial score (nSPS) is 13.2. The van der Waals surface area contributed by atoms with E-state index in [1.165, 1.54) is 12.5 Å². The van der Waals surface area contributed by atoms with Crippen LogP contribution < -0.4 is 43.8 Å². The first-order valence-electron chi connectivity index (χ1n) is 13.5. The number of thiol groups is 1. The summed E-state index contributed by atoms with van der Waals surface area (Å²) in [5.74, 6) is -6.82. The van der Waals surface area contributed by atoms with Crippen LogP contribution in [0.15, 0.2) is 17.5 Å². The molecule has 1 aromatic heterocycles. The molecule has 1 rings (SSSR count). The molecule has 0 fully saturated rings. The first-order valence-corrected chi connectivity index (χ1v) is 14.1. The van der Waals surface area contributed by atoms with Crippen molar-refractivity contribution in [1.82, 2.24) is 36.6 Å². The average molecular weight is 658 g/mol. The van der Waals surface area contributed by atoms with E-state index in [0.29, 0.717) is 5.69 Å². The smallest absolute Gasteiger partial charge is 0.322 e. The van der Waals surface area contributed by atoms with Crippen LogP contribution in [0.25, 0.3) is 0 Å². The highest BCUT2D eigenvalue weighted by molar-refractivity contribution is 7.80. The van der Waals surface area contributed by atoms with E-state index in [4.69, 9.17) is 27.4 Å². The molecule has 0 saturated heterocycles. The van der Waals surface area contributed by atoms with Crippen LogP contribution in [0.5, 0.6) is 0 Å². The Morgan fingerprint density at radius 3 is 2.09 bits per heavy atom. The van der Waals surface area contributed by atoms with Crippen molar-refractivity contribution < 1.29 is 43.8 Å². The molecule has 0 spiro atoms. The average Bonchev–Trinajstić information content (AvgIpc) is 3.50. The molecule has 21 heteroatoms. The molecule has 45 heavy (non-hydrogen) atoms. The summed E-state index contributed by atoms with van der Waals surface area (Å²) in [6.07, 6.45) is 2.40. The van der Waals surface area contributed by atoms with Crippen LogP contribution in [0.4, 0.5) is 0 Å². The second kappa shape index (κ2) is 20.1. The van der Waals surface area contributed by atoms with E-state index < -0.39 is 78.7 Å². The molecule has 0 aliphatic carbocycles. The van der Waals surface area contributed by atoms with Gasteiger partial charge in [0.25, 0.3) is 0 Å². The predicted octanol–water partition coefficient (Wildman–Crippen LogP) is -5.10. The number of guanidine groups is 1. The molecule has 20 nitrogen and oxygen atoms in total. The number of hydrogen-bond donors (Lipinski definition) is 12. The molecule has 0 unspecified atom stereocenters. The van der Waals surface area contributed by atoms with Crippen LogP contribution in [-0.4, -0.2) is 117 Å². The maximum atomic E-state index is 13.1. The predicted molar refractivity (Wildman–Crippen MR) is 160 cm³/mol. The Balaban J connectivity index is 2.89. The first-order chi connectivity index (χ1) is 21.2. The number of aromatic nitrogens is 2. The van der Waals surface area contributed by atoms with Crippen LogP contribution in [0, 0.1) is 0 Å². The Kier molecular flexibility index (Phi) is 17.0. The fourth-order valence-corrected chi connectivity index (χ4v) is 3.83. The molecule has 0 aromatic carbocycles. The highest BCUT2D eigenvalue weighted by Gasteiger charge is 2.29. The Morgan fingerprint density at radius 2 is 1.51 bits per heavy atom. The lowest BCUT2D eigenvalue weighted by Gasteiger charge is -2.23. The zero-order valence-corrected chi connectivity index (χ0v) is 25.0. The Hall–Kier alpha value is -4.92. The monoisotopic (exact) mass is 657 g/mol. The summed E-state index contributed by atoms with van der Waals surface area (Å²) >= 11 is 4.06. The number of aliphatic carboxylic acids is 2. The summed E-state index contributed by atoms with van der Waals surface area (Å²) in [6.45, 7) is -1.18. The Labute approximate surface area is 262 Å². The fourth-order valence-electron chi connectivity index (χ4n) is 3.58. The van der Waals surface area contributed by atoms with Gasteiger partial charge in [0.05, 0.1) is 18.9 Å². The second-order valence-electron chi connectivity index (χ2n) is 9.52. The maximum Gasteiger partial charge on any atom is 0.322 e. The lowest BCUT2D eigenvalue weighted by molar-refractivity contribution is -0.138. The quantitative estimate of drug-likeness (QED) is 0.0255. The molecule has 14 N–H and O–H groups in total. The van der Waals surface area contributed by atoms with Crippen LogP contribution in [0.2, 0.25) is 0 Å². The van der Waals surface area contributed by atoms with E-state index in [9.17, 15) is 33.6 Å². The molecular formula is C24H39N11O9S. The first kappa shape index (κ1) is 38.1. The van der Waals surface area contributed by atoms with Gasteiger partial charge in [-0.1, -0.05) is 0 Å². The zero-order chi connectivity index (χ0) is 33.9. The Bertz CT molecular complexity index is 1210. The molecule has 1 aromatic rings. The number of aliphatic imine (C=N–C) groups is 1. The van der Waals surface area contributed by atoms with Crippen LogP contribution in [0.3, 0.4) is 0 Å². The molecule has 0 saturated carbocycles. The van der Waals surface area contributed by atoms with Gasteiger partial charge in [0, 0.05) is 37.0 Å². The molecule has 1 heterocycles. The highest BCUT2D eigenvalue weighted by atomic mass is 32.1. The van der Waals surface area contributed by atoms with Gasteiger partial charge >= 0.3 is 11.9 Å². The lowest BCUT2D eigenvalue weighted by atomic mass is 10.1. The number of carboxylic acid groups (broad SMARTS) is 2. The van der Waals surface area contributed by atoms with Gasteiger partial charge in [0.1, 0.15) is 24.7 Å². The number of carbonyl (C=O) groups excluding carboxylic acids is 5. The molecule has 4 atom stereocenters. The van der Waals surface area contributed by atoms with Crippen molar-refractivity contribution in [3.05, 3.63) is 18.2 Å². The minimum Gasteiger partial charge on any atom is -0.481 e. The number of H-pyrrole nitrogens is 1. The van der Waals surface area contributed by atoms with E-state index in [0.717, 1.165) is 0 Å². The molecule has 5 amide bonds. The fraction of sp³-hybridized carbons (Fsp3) is 0.542. The van der Waals surface area contributed by atoms with Gasteiger partial charge < -0.3 is 59.0 Å². The molecule has 250 valence electrons. The SMILES string of the molecule is NC(N)=NCCC[C@H](NC(=O)CNC(=O)[C@H](Cc1cnc[nH]1)NC(=O)[C@H](CS)NC(=O)[C@@H](N)CCC(=O)O)C(=O)NCC(=O)O. The van der Waals surface area contributed by atoms with E-state index in [2.05, 4.69) is 54.2 Å². The Morgan fingerprint density at radius 1 is 0.867 bits per heavy atom. The van der Waals surface area contributed by atoms with Gasteiger partial charge in [-0.15, -0.1) is 0 Å². The van der Waals surface area contributed by atoms with E-state index in [1.807, 2.05) is 0 Å². The number of imidazole rings is 1. The van der Waals surface area contributed by atoms with Gasteiger partial charge in [-0.3, -0.25) is 38.6 Å². The van der Waals surface area contributed by atoms with Gasteiger partial charge in [-0.25, -0.2) is 4.98 Å². The molecule has 0 aliphatic heterocycles. The number of aromatic amines is 1. The summed E-state index contributed by atoms with van der Waals surface area (Å²) in [4.78, 5) is 95.5. The number of hydrogen-bond acceptors (Lipinski definition) is 11. The van der Waals surface area contributed by atoms with Crippen molar-refractivity contribution in [2.24, 2.45) is 22.2 Å². The number of rotatable bonds is 21.